The van der Waals surface area contributed by atoms with Crippen molar-refractivity contribution >= 4 is 0 Å². The maximum absolute atomic E-state index is 10.3. The Morgan fingerprint density at radius 2 is 1.39 bits per heavy atom. The Bertz CT molecular complexity index is 222. The topological polar surface area (TPSA) is 44.0 Å². The fraction of sp³-hybridized carbons (Fsp3) is 0.938. The number of nitrogens with zero attached hydrogens (tertiary/aromatic N) is 1. The van der Waals surface area contributed by atoms with Crippen LogP contribution in [0.4, 0.5) is 0 Å². The van der Waals surface area contributed by atoms with Crippen molar-refractivity contribution in [2.24, 2.45) is 0 Å². The van der Waals surface area contributed by atoms with Gasteiger partial charge in [-0.15, -0.1) is 0 Å². The molecule has 1 N–H and O–H groups in total. The highest BCUT2D eigenvalue weighted by Gasteiger charge is 2.24. The highest BCUT2D eigenvalue weighted by Crippen LogP contribution is 2.24. The van der Waals surface area contributed by atoms with E-state index in [-0.39, 0.29) is 6.42 Å². The lowest BCUT2D eigenvalue weighted by atomic mass is 9.88. The van der Waals surface area contributed by atoms with Crippen molar-refractivity contribution in [1.82, 2.24) is 0 Å². The quantitative estimate of drug-likeness (QED) is 0.499. The van der Waals surface area contributed by atoms with Crippen molar-refractivity contribution in [3.8, 4) is 6.07 Å². The summed E-state index contributed by atoms with van der Waals surface area (Å²) < 4.78 is 0. The molecule has 0 amide bonds. The molecule has 2 heteroatoms. The lowest BCUT2D eigenvalue weighted by Crippen LogP contribution is -2.27. The standard InChI is InChI=1S/C16H31NO/c1-3-5-6-7-8-9-10-11-13-16(18,12-4-2)14-15-17/h18H,3-14H2,1-2H3. The number of hydrogen-bond donors (Lipinski definition) is 1. The van der Waals surface area contributed by atoms with Gasteiger partial charge in [0.25, 0.3) is 0 Å². The van der Waals surface area contributed by atoms with Gasteiger partial charge in [0.2, 0.25) is 0 Å². The molecule has 2 nitrogen and oxygen atoms in total. The molecule has 0 saturated heterocycles. The normalized spacial score (nSPS) is 14.1. The van der Waals surface area contributed by atoms with Crippen LogP contribution in [0.1, 0.15) is 90.9 Å². The largest absolute Gasteiger partial charge is 0.389 e. The second kappa shape index (κ2) is 11.5. The third-order valence-corrected chi connectivity index (χ3v) is 3.62. The van der Waals surface area contributed by atoms with Crippen LogP contribution in [0.25, 0.3) is 0 Å². The Balaban J connectivity index is 3.53. The minimum absolute atomic E-state index is 0.289. The van der Waals surface area contributed by atoms with Gasteiger partial charge in [0.15, 0.2) is 0 Å². The van der Waals surface area contributed by atoms with Crippen molar-refractivity contribution in [1.29, 1.82) is 5.26 Å². The van der Waals surface area contributed by atoms with E-state index in [9.17, 15) is 5.11 Å². The zero-order valence-electron chi connectivity index (χ0n) is 12.4. The molecule has 0 bridgehead atoms. The van der Waals surface area contributed by atoms with Crippen LogP contribution in [0.15, 0.2) is 0 Å². The monoisotopic (exact) mass is 253 g/mol. The summed E-state index contributed by atoms with van der Waals surface area (Å²) in [5.41, 5.74) is -0.717. The van der Waals surface area contributed by atoms with Crippen LogP contribution in [0.2, 0.25) is 0 Å². The van der Waals surface area contributed by atoms with Crippen molar-refractivity contribution < 1.29 is 5.11 Å². The zero-order valence-corrected chi connectivity index (χ0v) is 12.4. The maximum atomic E-state index is 10.3. The highest BCUT2D eigenvalue weighted by atomic mass is 16.3. The molecule has 0 aromatic carbocycles. The fourth-order valence-corrected chi connectivity index (χ4v) is 2.50. The second-order valence-corrected chi connectivity index (χ2v) is 5.53. The smallest absolute Gasteiger partial charge is 0.0777 e. The van der Waals surface area contributed by atoms with Gasteiger partial charge in [-0.1, -0.05) is 71.6 Å². The summed E-state index contributed by atoms with van der Waals surface area (Å²) in [5.74, 6) is 0. The molecule has 18 heavy (non-hydrogen) atoms. The van der Waals surface area contributed by atoms with Crippen molar-refractivity contribution in [2.45, 2.75) is 96.5 Å². The molecule has 0 rings (SSSR count). The van der Waals surface area contributed by atoms with E-state index in [1.165, 1.54) is 44.9 Å². The summed E-state index contributed by atoms with van der Waals surface area (Å²) >= 11 is 0. The van der Waals surface area contributed by atoms with E-state index in [0.29, 0.717) is 0 Å². The minimum Gasteiger partial charge on any atom is -0.389 e. The van der Waals surface area contributed by atoms with Gasteiger partial charge in [0, 0.05) is 0 Å². The maximum Gasteiger partial charge on any atom is 0.0777 e. The van der Waals surface area contributed by atoms with Crippen LogP contribution in [0.3, 0.4) is 0 Å². The molecule has 0 heterocycles. The van der Waals surface area contributed by atoms with Gasteiger partial charge in [-0.3, -0.25) is 0 Å². The third-order valence-electron chi connectivity index (χ3n) is 3.62. The lowest BCUT2D eigenvalue weighted by molar-refractivity contribution is 0.0240. The summed E-state index contributed by atoms with van der Waals surface area (Å²) in [6, 6.07) is 2.12. The van der Waals surface area contributed by atoms with E-state index in [1.54, 1.807) is 0 Å². The average molecular weight is 253 g/mol. The average Bonchev–Trinajstić information content (AvgIpc) is 2.33. The van der Waals surface area contributed by atoms with Crippen molar-refractivity contribution in [3.63, 3.8) is 0 Å². The molecule has 1 unspecified atom stereocenters. The predicted molar refractivity (Wildman–Crippen MR) is 77.3 cm³/mol. The van der Waals surface area contributed by atoms with Crippen LogP contribution in [0.5, 0.6) is 0 Å². The molecule has 0 radical (unpaired) electrons. The number of rotatable bonds is 12. The summed E-state index contributed by atoms with van der Waals surface area (Å²) in [4.78, 5) is 0. The summed E-state index contributed by atoms with van der Waals surface area (Å²) in [5, 5.41) is 19.0. The molecule has 106 valence electrons. The van der Waals surface area contributed by atoms with Gasteiger partial charge in [0.1, 0.15) is 0 Å². The first-order valence-corrected chi connectivity index (χ1v) is 7.78. The van der Waals surface area contributed by atoms with E-state index in [2.05, 4.69) is 19.9 Å². The van der Waals surface area contributed by atoms with Crippen LogP contribution in [-0.4, -0.2) is 10.7 Å². The summed E-state index contributed by atoms with van der Waals surface area (Å²) in [7, 11) is 0. The van der Waals surface area contributed by atoms with Crippen LogP contribution in [-0.2, 0) is 0 Å². The molecular weight excluding hydrogens is 222 g/mol. The van der Waals surface area contributed by atoms with Crippen molar-refractivity contribution in [3.05, 3.63) is 0 Å². The first-order chi connectivity index (χ1) is 8.68. The third kappa shape index (κ3) is 9.48. The van der Waals surface area contributed by atoms with Crippen LogP contribution in [0, 0.1) is 11.3 Å². The van der Waals surface area contributed by atoms with Gasteiger partial charge in [-0.05, 0) is 12.8 Å². The Morgan fingerprint density at radius 3 is 1.89 bits per heavy atom. The summed E-state index contributed by atoms with van der Waals surface area (Å²) in [6.45, 7) is 4.31. The SMILES string of the molecule is CCCCCCCCCCC(O)(CC#N)CCC. The van der Waals surface area contributed by atoms with E-state index < -0.39 is 5.60 Å². The predicted octanol–water partition coefficient (Wildman–Crippen LogP) is 4.96. The van der Waals surface area contributed by atoms with Crippen LogP contribution < -0.4 is 0 Å². The number of unbranched alkanes of at least 4 members (excludes halogenated alkanes) is 7. The van der Waals surface area contributed by atoms with Gasteiger partial charge in [-0.2, -0.15) is 5.26 Å². The lowest BCUT2D eigenvalue weighted by Gasteiger charge is -2.24. The number of nitriles is 1. The molecule has 0 spiro atoms. The first kappa shape index (κ1) is 17.4. The molecule has 0 aromatic heterocycles. The second-order valence-electron chi connectivity index (χ2n) is 5.53. The minimum atomic E-state index is -0.717. The van der Waals surface area contributed by atoms with E-state index in [0.717, 1.165) is 25.7 Å². The van der Waals surface area contributed by atoms with Gasteiger partial charge in [0.05, 0.1) is 18.1 Å². The molecule has 0 fully saturated rings. The molecule has 0 aromatic rings. The van der Waals surface area contributed by atoms with Gasteiger partial charge < -0.3 is 5.11 Å². The zero-order chi connectivity index (χ0) is 13.7. The highest BCUT2D eigenvalue weighted by molar-refractivity contribution is 4.88. The van der Waals surface area contributed by atoms with Crippen molar-refractivity contribution in [2.75, 3.05) is 0 Å². The molecule has 0 aliphatic rings. The van der Waals surface area contributed by atoms with Crippen LogP contribution >= 0.6 is 0 Å². The number of aliphatic hydroxyl groups is 1. The fourth-order valence-electron chi connectivity index (χ4n) is 2.50. The van der Waals surface area contributed by atoms with Gasteiger partial charge >= 0.3 is 0 Å². The molecule has 0 aliphatic heterocycles. The first-order valence-electron chi connectivity index (χ1n) is 7.78. The Labute approximate surface area is 113 Å². The van der Waals surface area contributed by atoms with Gasteiger partial charge in [-0.25, -0.2) is 0 Å². The van der Waals surface area contributed by atoms with E-state index >= 15 is 0 Å². The molecular formula is C16H31NO. The Kier molecular flexibility index (Phi) is 11.2. The Hall–Kier alpha value is -0.550. The Morgan fingerprint density at radius 1 is 0.833 bits per heavy atom. The molecule has 0 saturated carbocycles. The van der Waals surface area contributed by atoms with E-state index in [4.69, 9.17) is 5.26 Å². The van der Waals surface area contributed by atoms with E-state index in [1.807, 2.05) is 0 Å². The number of hydrogen-bond acceptors (Lipinski definition) is 2. The molecule has 1 atom stereocenters. The molecule has 0 aliphatic carbocycles. The summed E-state index contributed by atoms with van der Waals surface area (Å²) in [6.07, 6.45) is 13.0.